The minimum Gasteiger partial charge on any atom is -0.323 e. The van der Waals surface area contributed by atoms with Crippen molar-refractivity contribution in [1.29, 1.82) is 0 Å². The summed E-state index contributed by atoms with van der Waals surface area (Å²) in [6, 6.07) is 6.15. The van der Waals surface area contributed by atoms with E-state index in [4.69, 9.17) is 0 Å². The van der Waals surface area contributed by atoms with E-state index >= 15 is 0 Å². The van der Waals surface area contributed by atoms with Crippen LogP contribution in [0.15, 0.2) is 39.3 Å². The Morgan fingerprint density at radius 2 is 2.00 bits per heavy atom. The van der Waals surface area contributed by atoms with Gasteiger partial charge in [-0.15, -0.1) is 0 Å². The predicted octanol–water partition coefficient (Wildman–Crippen LogP) is 1.26. The van der Waals surface area contributed by atoms with Crippen LogP contribution in [0.4, 0.5) is 5.69 Å². The number of carbonyl (C=O) groups excluding carboxylic acids is 1. The van der Waals surface area contributed by atoms with Crippen molar-refractivity contribution in [3.05, 3.63) is 45.0 Å². The van der Waals surface area contributed by atoms with E-state index in [9.17, 15) is 18.0 Å². The van der Waals surface area contributed by atoms with Gasteiger partial charge < -0.3 is 5.32 Å². The number of benzene rings is 1. The molecule has 6 nitrogen and oxygen atoms in total. The first-order valence-corrected chi connectivity index (χ1v) is 8.80. The van der Waals surface area contributed by atoms with Gasteiger partial charge in [0.05, 0.1) is 10.6 Å². The van der Waals surface area contributed by atoms with Crippen LogP contribution in [0, 0.1) is 6.92 Å². The number of nitrogens with one attached hydrogen (secondary N) is 1. The molecule has 0 saturated carbocycles. The lowest BCUT2D eigenvalue weighted by molar-refractivity contribution is -0.116. The van der Waals surface area contributed by atoms with Crippen LogP contribution in [0.25, 0.3) is 0 Å². The molecule has 21 heavy (non-hydrogen) atoms. The average Bonchev–Trinajstić information content (AvgIpc) is 2.70. The second kappa shape index (κ2) is 5.82. The third-order valence-electron chi connectivity index (χ3n) is 2.84. The third-order valence-corrected chi connectivity index (χ3v) is 4.87. The van der Waals surface area contributed by atoms with E-state index in [2.05, 4.69) is 5.32 Å². The number of aryl methyl sites for hydroxylation is 1. The molecule has 1 aromatic carbocycles. The Balaban J connectivity index is 2.24. The second-order valence-electron chi connectivity index (χ2n) is 4.55. The molecule has 0 unspecified atom stereocenters. The smallest absolute Gasteiger partial charge is 0.307 e. The van der Waals surface area contributed by atoms with E-state index in [-0.39, 0.29) is 22.0 Å². The van der Waals surface area contributed by atoms with Crippen LogP contribution in [-0.2, 0) is 21.2 Å². The van der Waals surface area contributed by atoms with Crippen LogP contribution in [0.3, 0.4) is 0 Å². The van der Waals surface area contributed by atoms with Crippen LogP contribution in [-0.4, -0.2) is 25.1 Å². The number of rotatable bonds is 4. The molecule has 0 aliphatic rings. The zero-order valence-corrected chi connectivity index (χ0v) is 13.1. The normalized spacial score (nSPS) is 11.3. The number of thiazole rings is 1. The minimum absolute atomic E-state index is 0.0488. The maximum absolute atomic E-state index is 12.0. The Morgan fingerprint density at radius 3 is 2.57 bits per heavy atom. The van der Waals surface area contributed by atoms with Crippen LogP contribution < -0.4 is 10.2 Å². The van der Waals surface area contributed by atoms with Crippen molar-refractivity contribution in [3.8, 4) is 0 Å². The highest BCUT2D eigenvalue weighted by Gasteiger charge is 2.15. The molecule has 8 heteroatoms. The standard InChI is InChI=1S/C13H14N2O4S2/c1-9-8-20-13(17)15(9)7-12(16)14-10-5-3-4-6-11(10)21(2,18)19/h3-6,8H,7H2,1-2H3,(H,14,16). The molecule has 1 aromatic heterocycles. The summed E-state index contributed by atoms with van der Waals surface area (Å²) < 4.78 is 24.6. The van der Waals surface area contributed by atoms with E-state index in [1.807, 2.05) is 0 Å². The molecule has 1 amide bonds. The maximum Gasteiger partial charge on any atom is 0.307 e. The molecule has 0 bridgehead atoms. The molecule has 0 radical (unpaired) electrons. The molecule has 0 saturated heterocycles. The highest BCUT2D eigenvalue weighted by Crippen LogP contribution is 2.20. The summed E-state index contributed by atoms with van der Waals surface area (Å²) in [4.78, 5) is 23.4. The zero-order chi connectivity index (χ0) is 15.6. The van der Waals surface area contributed by atoms with Gasteiger partial charge in [0.2, 0.25) is 5.91 Å². The van der Waals surface area contributed by atoms with Gasteiger partial charge in [-0.1, -0.05) is 23.5 Å². The highest BCUT2D eigenvalue weighted by atomic mass is 32.2. The number of carbonyl (C=O) groups is 1. The SMILES string of the molecule is Cc1csc(=O)n1CC(=O)Nc1ccccc1S(C)(=O)=O. The van der Waals surface area contributed by atoms with Crippen molar-refractivity contribution in [2.75, 3.05) is 11.6 Å². The van der Waals surface area contributed by atoms with Gasteiger partial charge in [0, 0.05) is 17.3 Å². The molecule has 0 spiro atoms. The van der Waals surface area contributed by atoms with Gasteiger partial charge in [-0.25, -0.2) is 8.42 Å². The van der Waals surface area contributed by atoms with Crippen molar-refractivity contribution < 1.29 is 13.2 Å². The van der Waals surface area contributed by atoms with Crippen LogP contribution >= 0.6 is 11.3 Å². The number of hydrogen-bond donors (Lipinski definition) is 1. The summed E-state index contributed by atoms with van der Waals surface area (Å²) in [6.45, 7) is 1.59. The number of para-hydroxylation sites is 1. The molecule has 2 aromatic rings. The fraction of sp³-hybridized carbons (Fsp3) is 0.231. The number of nitrogens with zero attached hydrogens (tertiary/aromatic N) is 1. The highest BCUT2D eigenvalue weighted by molar-refractivity contribution is 7.90. The molecular formula is C13H14N2O4S2. The molecule has 1 N–H and O–H groups in total. The topological polar surface area (TPSA) is 85.2 Å². The Morgan fingerprint density at radius 1 is 1.33 bits per heavy atom. The average molecular weight is 326 g/mol. The summed E-state index contributed by atoms with van der Waals surface area (Å²) in [5.41, 5.74) is 0.905. The van der Waals surface area contributed by atoms with E-state index in [1.54, 1.807) is 24.4 Å². The second-order valence-corrected chi connectivity index (χ2v) is 7.35. The Kier molecular flexibility index (Phi) is 4.29. The number of amides is 1. The van der Waals surface area contributed by atoms with Gasteiger partial charge in [0.1, 0.15) is 6.54 Å². The number of sulfone groups is 1. The zero-order valence-electron chi connectivity index (χ0n) is 11.5. The van der Waals surface area contributed by atoms with Crippen molar-refractivity contribution in [2.45, 2.75) is 18.4 Å². The van der Waals surface area contributed by atoms with Gasteiger partial charge in [0.15, 0.2) is 9.84 Å². The molecule has 2 rings (SSSR count). The van der Waals surface area contributed by atoms with Crippen LogP contribution in [0.2, 0.25) is 0 Å². The Labute approximate surface area is 126 Å². The van der Waals surface area contributed by atoms with E-state index in [1.165, 1.54) is 16.7 Å². The molecule has 112 valence electrons. The van der Waals surface area contributed by atoms with Gasteiger partial charge in [-0.3, -0.25) is 14.2 Å². The number of anilines is 1. The van der Waals surface area contributed by atoms with Gasteiger partial charge in [-0.05, 0) is 19.1 Å². The molecule has 1 heterocycles. The van der Waals surface area contributed by atoms with Gasteiger partial charge in [-0.2, -0.15) is 0 Å². The third kappa shape index (κ3) is 3.59. The molecule has 0 fully saturated rings. The number of aromatic nitrogens is 1. The van der Waals surface area contributed by atoms with Crippen molar-refractivity contribution >= 4 is 32.8 Å². The first-order chi connectivity index (χ1) is 9.79. The fourth-order valence-corrected chi connectivity index (χ4v) is 3.40. The Bertz CT molecular complexity index is 834. The van der Waals surface area contributed by atoms with Gasteiger partial charge in [0.25, 0.3) is 0 Å². The summed E-state index contributed by atoms with van der Waals surface area (Å²) >= 11 is 1.02. The first kappa shape index (κ1) is 15.5. The lowest BCUT2D eigenvalue weighted by Gasteiger charge is -2.10. The molecule has 0 atom stereocenters. The lowest BCUT2D eigenvalue weighted by atomic mass is 10.3. The molecule has 0 aliphatic carbocycles. The molecule has 0 aliphatic heterocycles. The van der Waals surface area contributed by atoms with E-state index in [0.29, 0.717) is 5.69 Å². The summed E-state index contributed by atoms with van der Waals surface area (Å²) in [5.74, 6) is -0.449. The van der Waals surface area contributed by atoms with Crippen molar-refractivity contribution in [3.63, 3.8) is 0 Å². The summed E-state index contributed by atoms with van der Waals surface area (Å²) in [6.07, 6.45) is 1.07. The summed E-state index contributed by atoms with van der Waals surface area (Å²) in [5, 5.41) is 4.20. The van der Waals surface area contributed by atoms with Crippen LogP contribution in [0.5, 0.6) is 0 Å². The Hall–Kier alpha value is -1.93. The maximum atomic E-state index is 12.0. The van der Waals surface area contributed by atoms with Gasteiger partial charge >= 0.3 is 4.87 Å². The van der Waals surface area contributed by atoms with Crippen molar-refractivity contribution in [2.24, 2.45) is 0 Å². The van der Waals surface area contributed by atoms with E-state index < -0.39 is 15.7 Å². The lowest BCUT2D eigenvalue weighted by Crippen LogP contribution is -2.25. The fourth-order valence-electron chi connectivity index (χ4n) is 1.82. The largest absolute Gasteiger partial charge is 0.323 e. The van der Waals surface area contributed by atoms with Crippen LogP contribution in [0.1, 0.15) is 5.69 Å². The number of hydrogen-bond acceptors (Lipinski definition) is 5. The summed E-state index contributed by atoms with van der Waals surface area (Å²) in [7, 11) is -3.44. The monoisotopic (exact) mass is 326 g/mol. The predicted molar refractivity (Wildman–Crippen MR) is 81.5 cm³/mol. The molecular weight excluding hydrogens is 312 g/mol. The quantitative estimate of drug-likeness (QED) is 0.916. The first-order valence-electron chi connectivity index (χ1n) is 6.03. The van der Waals surface area contributed by atoms with E-state index in [0.717, 1.165) is 17.6 Å². The van der Waals surface area contributed by atoms with Crippen molar-refractivity contribution in [1.82, 2.24) is 4.57 Å². The minimum atomic E-state index is -3.44.